The number of hydrogen-bond acceptors (Lipinski definition) is 8. The summed E-state index contributed by atoms with van der Waals surface area (Å²) in [4.78, 5) is 41.4. The number of pyridine rings is 1. The lowest BCUT2D eigenvalue weighted by Gasteiger charge is -2.32. The van der Waals surface area contributed by atoms with Gasteiger partial charge in [0.15, 0.2) is 5.82 Å². The van der Waals surface area contributed by atoms with E-state index in [1.165, 1.54) is 22.9 Å². The molecule has 0 spiro atoms. The van der Waals surface area contributed by atoms with Gasteiger partial charge in [0.2, 0.25) is 0 Å². The second-order valence-electron chi connectivity index (χ2n) is 15.0. The van der Waals surface area contributed by atoms with E-state index in [9.17, 15) is 19.5 Å². The van der Waals surface area contributed by atoms with Crippen LogP contribution in [0.3, 0.4) is 0 Å². The number of halogens is 1. The van der Waals surface area contributed by atoms with Gasteiger partial charge in [0.25, 0.3) is 0 Å². The quantitative estimate of drug-likeness (QED) is 0.120. The number of carboxylic acid groups (broad SMARTS) is 1. The van der Waals surface area contributed by atoms with Crippen LogP contribution in [-0.2, 0) is 41.9 Å². The largest absolute Gasteiger partial charge is 0.486 e. The minimum absolute atomic E-state index is 0.123. The van der Waals surface area contributed by atoms with Gasteiger partial charge in [0.1, 0.15) is 30.6 Å². The van der Waals surface area contributed by atoms with Crippen molar-refractivity contribution in [3.8, 4) is 22.8 Å². The number of fused-ring (bicyclic) bond motifs is 1. The van der Waals surface area contributed by atoms with Crippen LogP contribution >= 0.6 is 11.6 Å². The molecule has 1 aliphatic carbocycles. The second kappa shape index (κ2) is 20.2. The van der Waals surface area contributed by atoms with E-state index in [1.54, 1.807) is 4.68 Å². The number of ether oxygens (including phenoxy) is 3. The Morgan fingerprint density at radius 3 is 2.13 bits per heavy atom. The van der Waals surface area contributed by atoms with E-state index in [0.29, 0.717) is 36.9 Å². The SMILES string of the molecule is CCc1cc(O[C@H]2CCc3cccc(-c4cccc(-n5ncc(C(=O)O)c5CC)n4)c32)ccc1C1CCN(C(=O)OCc2ccccc2)CC1.O=C(Cl)OCc1ccccc1. The Morgan fingerprint density at radius 1 is 0.787 bits per heavy atom. The van der Waals surface area contributed by atoms with Crippen molar-refractivity contribution in [3.63, 3.8) is 0 Å². The molecule has 1 atom stereocenters. The maximum atomic E-state index is 12.7. The van der Waals surface area contributed by atoms with Gasteiger partial charge in [0.05, 0.1) is 17.6 Å². The molecular formula is C49H49ClN4O7. The number of likely N-dealkylation sites (tertiary alicyclic amines) is 1. The summed E-state index contributed by atoms with van der Waals surface area (Å²) in [7, 11) is 0. The molecule has 6 aromatic rings. The molecule has 61 heavy (non-hydrogen) atoms. The second-order valence-corrected chi connectivity index (χ2v) is 15.3. The molecule has 4 aromatic carbocycles. The average molecular weight is 841 g/mol. The summed E-state index contributed by atoms with van der Waals surface area (Å²) in [6, 6.07) is 37.7. The Balaban J connectivity index is 0.000000445. The molecule has 2 aromatic heterocycles. The monoisotopic (exact) mass is 840 g/mol. The first-order valence-electron chi connectivity index (χ1n) is 20.7. The summed E-state index contributed by atoms with van der Waals surface area (Å²) in [5.74, 6) is 0.820. The lowest BCUT2D eigenvalue weighted by atomic mass is 9.86. The summed E-state index contributed by atoms with van der Waals surface area (Å²) >= 11 is 4.97. The zero-order chi connectivity index (χ0) is 42.7. The normalized spacial score (nSPS) is 14.7. The maximum Gasteiger partial charge on any atom is 0.410 e. The van der Waals surface area contributed by atoms with Crippen LogP contribution in [0, 0.1) is 0 Å². The van der Waals surface area contributed by atoms with Crippen molar-refractivity contribution in [1.29, 1.82) is 0 Å². The highest BCUT2D eigenvalue weighted by Crippen LogP contribution is 2.42. The summed E-state index contributed by atoms with van der Waals surface area (Å²) in [5.41, 5.74) is 8.77. The fraction of sp³-hybridized carbons (Fsp3) is 0.286. The molecule has 12 heteroatoms. The molecule has 1 saturated heterocycles. The van der Waals surface area contributed by atoms with Crippen LogP contribution in [0.4, 0.5) is 9.59 Å². The number of carboxylic acids is 1. The molecular weight excluding hydrogens is 792 g/mol. The molecule has 0 radical (unpaired) electrons. The molecule has 2 aliphatic rings. The Bertz CT molecular complexity index is 2450. The highest BCUT2D eigenvalue weighted by atomic mass is 35.5. The smallest absolute Gasteiger partial charge is 0.410 e. The fourth-order valence-corrected chi connectivity index (χ4v) is 8.24. The van der Waals surface area contributed by atoms with Gasteiger partial charge in [-0.25, -0.2) is 24.0 Å². The average Bonchev–Trinajstić information content (AvgIpc) is 3.93. The summed E-state index contributed by atoms with van der Waals surface area (Å²) in [6.07, 6.45) is 6.02. The highest BCUT2D eigenvalue weighted by molar-refractivity contribution is 6.61. The summed E-state index contributed by atoms with van der Waals surface area (Å²) < 4.78 is 18.5. The Hall–Kier alpha value is -6.46. The number of nitrogens with zero attached hydrogens (tertiary/aromatic N) is 4. The number of hydrogen-bond donors (Lipinski definition) is 1. The van der Waals surface area contributed by atoms with E-state index in [0.717, 1.165) is 65.8 Å². The van der Waals surface area contributed by atoms with Crippen LogP contribution in [0.5, 0.6) is 5.75 Å². The number of piperidine rings is 1. The predicted octanol–water partition coefficient (Wildman–Crippen LogP) is 10.9. The lowest BCUT2D eigenvalue weighted by molar-refractivity contribution is 0.0695. The number of amides is 1. The molecule has 314 valence electrons. The summed E-state index contributed by atoms with van der Waals surface area (Å²) in [6.45, 7) is 5.99. The minimum Gasteiger partial charge on any atom is -0.486 e. The number of aryl methyl sites for hydroxylation is 2. The molecule has 1 N–H and O–H groups in total. The zero-order valence-corrected chi connectivity index (χ0v) is 35.1. The molecule has 0 bridgehead atoms. The molecule has 0 unspecified atom stereocenters. The number of aromatic carboxylic acids is 1. The van der Waals surface area contributed by atoms with Crippen molar-refractivity contribution in [3.05, 3.63) is 166 Å². The topological polar surface area (TPSA) is 133 Å². The molecule has 1 aliphatic heterocycles. The molecule has 11 nitrogen and oxygen atoms in total. The molecule has 1 fully saturated rings. The summed E-state index contributed by atoms with van der Waals surface area (Å²) in [5, 5.41) is 14.0. The van der Waals surface area contributed by atoms with E-state index in [-0.39, 0.29) is 31.0 Å². The Kier molecular flexibility index (Phi) is 14.1. The predicted molar refractivity (Wildman–Crippen MR) is 233 cm³/mol. The van der Waals surface area contributed by atoms with Crippen LogP contribution in [0.15, 0.2) is 121 Å². The first-order valence-corrected chi connectivity index (χ1v) is 21.1. The van der Waals surface area contributed by atoms with Gasteiger partial charge in [0, 0.05) is 35.8 Å². The number of rotatable bonds is 12. The third kappa shape index (κ3) is 10.5. The van der Waals surface area contributed by atoms with E-state index >= 15 is 0 Å². The van der Waals surface area contributed by atoms with Gasteiger partial charge >= 0.3 is 17.5 Å². The Labute approximate surface area is 360 Å². The van der Waals surface area contributed by atoms with Crippen LogP contribution in [0.2, 0.25) is 0 Å². The van der Waals surface area contributed by atoms with Crippen LogP contribution in [-0.4, -0.2) is 55.4 Å². The first kappa shape index (κ1) is 42.7. The number of aromatic nitrogens is 3. The van der Waals surface area contributed by atoms with E-state index in [2.05, 4.69) is 53.2 Å². The van der Waals surface area contributed by atoms with Gasteiger partial charge < -0.3 is 24.2 Å². The maximum absolute atomic E-state index is 12.7. The molecule has 1 amide bonds. The standard InChI is InChI=1S/C41H42N4O5.C8H7ClO2/c1-3-28-24-31(17-18-32(28)29-20-22-44(23-21-29)41(48)49-26-27-10-6-5-7-11-27)50-37-19-16-30-12-8-13-33(39(30)37)35-14-9-15-38(43-35)45-36(4-2)34(25-42-45)40(46)47;9-8(10)11-6-7-4-2-1-3-5-7/h5-15,17-18,24-25,29,37H,3-4,16,19-23,26H2,1-2H3,(H,46,47);1-5H,6H2/t37-;/m0./s1. The van der Waals surface area contributed by atoms with Crippen molar-refractivity contribution >= 4 is 29.1 Å². The molecule has 0 saturated carbocycles. The van der Waals surface area contributed by atoms with E-state index < -0.39 is 11.4 Å². The van der Waals surface area contributed by atoms with Crippen molar-refractivity contribution in [1.82, 2.24) is 19.7 Å². The molecule has 8 rings (SSSR count). The van der Waals surface area contributed by atoms with Crippen molar-refractivity contribution in [2.45, 2.75) is 77.6 Å². The van der Waals surface area contributed by atoms with Crippen molar-refractivity contribution in [2.75, 3.05) is 13.1 Å². The van der Waals surface area contributed by atoms with Gasteiger partial charge in [-0.1, -0.05) is 105 Å². The van der Waals surface area contributed by atoms with Crippen molar-refractivity contribution in [2.24, 2.45) is 0 Å². The minimum atomic E-state index is -0.994. The zero-order valence-electron chi connectivity index (χ0n) is 34.3. The van der Waals surface area contributed by atoms with Gasteiger partial charge in [-0.15, -0.1) is 0 Å². The molecule has 3 heterocycles. The van der Waals surface area contributed by atoms with E-state index in [4.69, 9.17) is 26.1 Å². The number of carbonyl (C=O) groups is 3. The van der Waals surface area contributed by atoms with Gasteiger partial charge in [-0.2, -0.15) is 5.10 Å². The highest BCUT2D eigenvalue weighted by Gasteiger charge is 2.30. The third-order valence-electron chi connectivity index (χ3n) is 11.2. The Morgan fingerprint density at radius 2 is 1.48 bits per heavy atom. The van der Waals surface area contributed by atoms with Crippen LogP contribution in [0.1, 0.15) is 94.6 Å². The fourth-order valence-electron chi connectivity index (χ4n) is 8.19. The lowest BCUT2D eigenvalue weighted by Crippen LogP contribution is -2.38. The van der Waals surface area contributed by atoms with E-state index in [1.807, 2.05) is 90.7 Å². The number of benzene rings is 4. The van der Waals surface area contributed by atoms with Gasteiger partial charge in [-0.05, 0) is 96.5 Å². The van der Waals surface area contributed by atoms with Gasteiger partial charge in [-0.3, -0.25) is 0 Å². The van der Waals surface area contributed by atoms with Crippen molar-refractivity contribution < 1.29 is 33.7 Å². The third-order valence-corrected chi connectivity index (χ3v) is 11.3. The first-order chi connectivity index (χ1) is 29.7. The van der Waals surface area contributed by atoms with Crippen LogP contribution < -0.4 is 4.74 Å². The van der Waals surface area contributed by atoms with Crippen LogP contribution in [0.25, 0.3) is 17.1 Å². The number of carbonyl (C=O) groups excluding carboxylic acids is 2.